The van der Waals surface area contributed by atoms with Gasteiger partial charge in [0.15, 0.2) is 0 Å². The summed E-state index contributed by atoms with van der Waals surface area (Å²) in [7, 11) is 0. The van der Waals surface area contributed by atoms with Crippen molar-refractivity contribution in [2.45, 2.75) is 79.4 Å². The van der Waals surface area contributed by atoms with E-state index in [1.807, 2.05) is 34.6 Å². The number of hydrogen-bond donors (Lipinski definition) is 3. The van der Waals surface area contributed by atoms with Gasteiger partial charge in [0.25, 0.3) is 0 Å². The van der Waals surface area contributed by atoms with Crippen LogP contribution in [0.15, 0.2) is 12.7 Å². The van der Waals surface area contributed by atoms with Gasteiger partial charge < -0.3 is 10.1 Å². The summed E-state index contributed by atoms with van der Waals surface area (Å²) in [6.45, 7) is 15.2. The number of hydroxylamine groups is 1. The zero-order valence-electron chi connectivity index (χ0n) is 18.2. The van der Waals surface area contributed by atoms with Crippen molar-refractivity contribution in [2.24, 2.45) is 23.7 Å². The quantitative estimate of drug-likeness (QED) is 0.191. The molecule has 0 aromatic rings. The number of hydrogen-bond acceptors (Lipinski definition) is 5. The van der Waals surface area contributed by atoms with Gasteiger partial charge in [-0.2, -0.15) is 0 Å². The van der Waals surface area contributed by atoms with Gasteiger partial charge in [0.1, 0.15) is 6.04 Å². The summed E-state index contributed by atoms with van der Waals surface area (Å²) in [6.07, 6.45) is 3.11. The average molecular weight is 399 g/mol. The molecule has 0 spiro atoms. The van der Waals surface area contributed by atoms with Crippen molar-refractivity contribution in [2.75, 3.05) is 0 Å². The first-order valence-corrected chi connectivity index (χ1v) is 10.1. The molecule has 0 rings (SSSR count). The first-order chi connectivity index (χ1) is 13.1. The minimum Gasteiger partial charge on any atom is -0.461 e. The Labute approximate surface area is 169 Å². The van der Waals surface area contributed by atoms with E-state index >= 15 is 0 Å². The molecule has 0 aromatic heterocycles. The number of esters is 1. The summed E-state index contributed by atoms with van der Waals surface area (Å²) in [5.74, 6) is -2.65. The summed E-state index contributed by atoms with van der Waals surface area (Å²) in [5.41, 5.74) is 1.64. The first kappa shape index (κ1) is 26.1. The lowest BCUT2D eigenvalue weighted by Gasteiger charge is -2.28. The van der Waals surface area contributed by atoms with Gasteiger partial charge in [-0.05, 0) is 44.4 Å². The molecule has 7 heteroatoms. The maximum Gasteiger partial charge on any atom is 0.328 e. The standard InChI is InChI=1S/C21H38N2O5/c1-8-10-16(20(25)23-27)17(11-13(3)4)19(24)22-18(12-14(5)6)21(26)28-15(7)9-2/h8,13-18,27H,1,9-12H2,2-7H3,(H,22,24)(H,23,25). The van der Waals surface area contributed by atoms with Crippen molar-refractivity contribution in [1.82, 2.24) is 10.8 Å². The third-order valence-electron chi connectivity index (χ3n) is 4.62. The van der Waals surface area contributed by atoms with Gasteiger partial charge in [0.05, 0.1) is 17.9 Å². The lowest BCUT2D eigenvalue weighted by molar-refractivity contribution is -0.153. The fourth-order valence-corrected chi connectivity index (χ4v) is 3.01. The van der Waals surface area contributed by atoms with E-state index in [-0.39, 0.29) is 24.4 Å². The van der Waals surface area contributed by atoms with Crippen molar-refractivity contribution in [3.63, 3.8) is 0 Å². The van der Waals surface area contributed by atoms with Gasteiger partial charge in [0.2, 0.25) is 11.8 Å². The van der Waals surface area contributed by atoms with Crippen LogP contribution >= 0.6 is 0 Å². The molecule has 0 saturated heterocycles. The van der Waals surface area contributed by atoms with Crippen LogP contribution in [0.4, 0.5) is 0 Å². The first-order valence-electron chi connectivity index (χ1n) is 10.1. The monoisotopic (exact) mass is 398 g/mol. The van der Waals surface area contributed by atoms with Gasteiger partial charge in [-0.3, -0.25) is 14.8 Å². The second kappa shape index (κ2) is 13.3. The number of rotatable bonds is 13. The second-order valence-electron chi connectivity index (χ2n) is 8.19. The lowest BCUT2D eigenvalue weighted by Crippen LogP contribution is -2.49. The van der Waals surface area contributed by atoms with Gasteiger partial charge in [-0.25, -0.2) is 10.3 Å². The molecule has 0 aliphatic rings. The van der Waals surface area contributed by atoms with Crippen molar-refractivity contribution in [3.05, 3.63) is 12.7 Å². The smallest absolute Gasteiger partial charge is 0.328 e. The summed E-state index contributed by atoms with van der Waals surface area (Å²) in [4.78, 5) is 37.7. The molecular weight excluding hydrogens is 360 g/mol. The molecule has 4 unspecified atom stereocenters. The maximum absolute atomic E-state index is 13.1. The van der Waals surface area contributed by atoms with E-state index in [0.29, 0.717) is 19.3 Å². The SMILES string of the molecule is C=CCC(C(=O)NO)C(CC(C)C)C(=O)NC(CC(C)C)C(=O)OC(C)CC. The van der Waals surface area contributed by atoms with E-state index in [1.165, 1.54) is 0 Å². The molecule has 162 valence electrons. The molecule has 7 nitrogen and oxygen atoms in total. The van der Waals surface area contributed by atoms with E-state index in [0.717, 1.165) is 0 Å². The van der Waals surface area contributed by atoms with E-state index in [1.54, 1.807) is 18.5 Å². The zero-order valence-corrected chi connectivity index (χ0v) is 18.2. The largest absolute Gasteiger partial charge is 0.461 e. The molecule has 0 radical (unpaired) electrons. The van der Waals surface area contributed by atoms with Gasteiger partial charge in [0, 0.05) is 0 Å². The molecule has 0 aliphatic heterocycles. The van der Waals surface area contributed by atoms with Crippen LogP contribution in [0.25, 0.3) is 0 Å². The number of amides is 2. The summed E-state index contributed by atoms with van der Waals surface area (Å²) < 4.78 is 5.41. The molecule has 0 aromatic carbocycles. The summed E-state index contributed by atoms with van der Waals surface area (Å²) in [6, 6.07) is -0.780. The molecule has 0 heterocycles. The van der Waals surface area contributed by atoms with Gasteiger partial charge >= 0.3 is 5.97 Å². The molecule has 0 fully saturated rings. The number of ether oxygens (including phenoxy) is 1. The highest BCUT2D eigenvalue weighted by molar-refractivity contribution is 5.90. The minimum atomic E-state index is -0.780. The summed E-state index contributed by atoms with van der Waals surface area (Å²) >= 11 is 0. The predicted molar refractivity (Wildman–Crippen MR) is 108 cm³/mol. The van der Waals surface area contributed by atoms with Crippen LogP contribution in [0.1, 0.15) is 67.2 Å². The Hall–Kier alpha value is -1.89. The van der Waals surface area contributed by atoms with Crippen LogP contribution in [-0.4, -0.2) is 35.1 Å². The Morgan fingerprint density at radius 3 is 2.00 bits per heavy atom. The van der Waals surface area contributed by atoms with Crippen LogP contribution in [0, 0.1) is 23.7 Å². The molecule has 2 amide bonds. The third-order valence-corrected chi connectivity index (χ3v) is 4.62. The normalized spacial score (nSPS) is 15.5. The second-order valence-corrected chi connectivity index (χ2v) is 8.19. The van der Waals surface area contributed by atoms with E-state index in [2.05, 4.69) is 11.9 Å². The van der Waals surface area contributed by atoms with Gasteiger partial charge in [-0.15, -0.1) is 6.58 Å². The Morgan fingerprint density at radius 2 is 1.57 bits per heavy atom. The van der Waals surface area contributed by atoms with Crippen molar-refractivity contribution in [3.8, 4) is 0 Å². The number of allylic oxidation sites excluding steroid dienone is 1. The Kier molecular flexibility index (Phi) is 12.4. The minimum absolute atomic E-state index is 0.144. The molecule has 4 atom stereocenters. The zero-order chi connectivity index (χ0) is 21.9. The fraction of sp³-hybridized carbons (Fsp3) is 0.762. The van der Waals surface area contributed by atoms with E-state index in [4.69, 9.17) is 9.94 Å². The maximum atomic E-state index is 13.1. The third kappa shape index (κ3) is 9.35. The van der Waals surface area contributed by atoms with Crippen LogP contribution in [0.2, 0.25) is 0 Å². The fourth-order valence-electron chi connectivity index (χ4n) is 3.01. The highest BCUT2D eigenvalue weighted by atomic mass is 16.5. The predicted octanol–water partition coefficient (Wildman–Crippen LogP) is 3.22. The van der Waals surface area contributed by atoms with Gasteiger partial charge in [-0.1, -0.05) is 40.7 Å². The molecular formula is C21H38N2O5. The number of carbonyl (C=O) groups excluding carboxylic acids is 3. The average Bonchev–Trinajstić information content (AvgIpc) is 2.62. The van der Waals surface area contributed by atoms with Crippen LogP contribution < -0.4 is 10.8 Å². The summed E-state index contributed by atoms with van der Waals surface area (Å²) in [5, 5.41) is 11.9. The molecule has 28 heavy (non-hydrogen) atoms. The van der Waals surface area contributed by atoms with Crippen LogP contribution in [-0.2, 0) is 19.1 Å². The molecule has 3 N–H and O–H groups in total. The molecule has 0 aliphatic carbocycles. The van der Waals surface area contributed by atoms with Crippen molar-refractivity contribution < 1.29 is 24.3 Å². The van der Waals surface area contributed by atoms with Crippen molar-refractivity contribution >= 4 is 17.8 Å². The molecule has 0 saturated carbocycles. The van der Waals surface area contributed by atoms with Crippen LogP contribution in [0.5, 0.6) is 0 Å². The Bertz CT molecular complexity index is 519. The van der Waals surface area contributed by atoms with E-state index in [9.17, 15) is 14.4 Å². The number of nitrogens with one attached hydrogen (secondary N) is 2. The molecule has 0 bridgehead atoms. The highest BCUT2D eigenvalue weighted by Gasteiger charge is 2.35. The number of carbonyl (C=O) groups is 3. The highest BCUT2D eigenvalue weighted by Crippen LogP contribution is 2.25. The van der Waals surface area contributed by atoms with E-state index < -0.39 is 35.7 Å². The Balaban J connectivity index is 5.56. The van der Waals surface area contributed by atoms with Crippen LogP contribution in [0.3, 0.4) is 0 Å². The topological polar surface area (TPSA) is 105 Å². The Morgan fingerprint density at radius 1 is 1.00 bits per heavy atom. The lowest BCUT2D eigenvalue weighted by atomic mass is 9.82. The van der Waals surface area contributed by atoms with Crippen molar-refractivity contribution in [1.29, 1.82) is 0 Å².